The lowest BCUT2D eigenvalue weighted by Crippen LogP contribution is -2.28. The summed E-state index contributed by atoms with van der Waals surface area (Å²) in [5, 5.41) is 0. The highest BCUT2D eigenvalue weighted by Crippen LogP contribution is 2.40. The first-order valence-corrected chi connectivity index (χ1v) is 7.63. The fraction of sp³-hybridized carbons (Fsp3) is 0.526. The molecule has 1 aliphatic carbocycles. The lowest BCUT2D eigenvalue weighted by atomic mass is 9.68. The molecule has 2 atom stereocenters. The summed E-state index contributed by atoms with van der Waals surface area (Å²) in [6, 6.07) is 0.345. The molecule has 0 aromatic carbocycles. The van der Waals surface area contributed by atoms with Crippen molar-refractivity contribution >= 4 is 5.71 Å². The first-order valence-electron chi connectivity index (χ1n) is 7.63. The van der Waals surface area contributed by atoms with Crippen LogP contribution >= 0.6 is 0 Å². The second kappa shape index (κ2) is 7.42. The number of hydrogen-bond donors (Lipinski definition) is 0. The van der Waals surface area contributed by atoms with Gasteiger partial charge in [-0.1, -0.05) is 49.5 Å². The van der Waals surface area contributed by atoms with Crippen LogP contribution in [0.3, 0.4) is 0 Å². The maximum absolute atomic E-state index is 4.75. The van der Waals surface area contributed by atoms with Crippen LogP contribution in [0.4, 0.5) is 0 Å². The van der Waals surface area contributed by atoms with Gasteiger partial charge in [0.05, 0.1) is 0 Å². The van der Waals surface area contributed by atoms with Crippen LogP contribution in [0, 0.1) is 11.3 Å². The van der Waals surface area contributed by atoms with E-state index in [1.165, 1.54) is 11.3 Å². The maximum Gasteiger partial charge on any atom is 0.0446 e. The summed E-state index contributed by atoms with van der Waals surface area (Å²) < 4.78 is 0. The average Bonchev–Trinajstić information content (AvgIpc) is 2.38. The van der Waals surface area contributed by atoms with Gasteiger partial charge in [-0.05, 0) is 46.6 Å². The van der Waals surface area contributed by atoms with Gasteiger partial charge in [0, 0.05) is 23.1 Å². The highest BCUT2D eigenvalue weighted by Gasteiger charge is 2.32. The number of allylic oxidation sites excluding steroid dienone is 8. The van der Waals surface area contributed by atoms with Crippen molar-refractivity contribution < 1.29 is 0 Å². The average molecular weight is 271 g/mol. The summed E-state index contributed by atoms with van der Waals surface area (Å²) in [6.45, 7) is 12.9. The second-order valence-electron chi connectivity index (χ2n) is 6.01. The van der Waals surface area contributed by atoms with E-state index in [2.05, 4.69) is 84.1 Å². The number of aliphatic imine (C=N–C) groups is 1. The standard InChI is InChI=1S/C19H29N/c1-7-13-19(6,14-8-2)18-12-10-9-11-17(18)16(5)20-15(3)4/h7-11,13-15,18H,12H2,1-6H3/b13-7-,14-8?,20-16?. The SMILES string of the molecule is CC=CC(C)(/C=C\C)C1CC=CC=C1C(C)=NC(C)C. The van der Waals surface area contributed by atoms with E-state index in [1.807, 2.05) is 0 Å². The zero-order valence-corrected chi connectivity index (χ0v) is 13.9. The lowest BCUT2D eigenvalue weighted by Gasteiger charge is -2.35. The molecule has 0 radical (unpaired) electrons. The number of nitrogens with zero attached hydrogens (tertiary/aromatic N) is 1. The summed E-state index contributed by atoms with van der Waals surface area (Å²) in [6.07, 6.45) is 16.7. The van der Waals surface area contributed by atoms with E-state index < -0.39 is 0 Å². The summed E-state index contributed by atoms with van der Waals surface area (Å²) in [5.74, 6) is 0.461. The molecule has 1 rings (SSSR count). The Morgan fingerprint density at radius 1 is 1.30 bits per heavy atom. The van der Waals surface area contributed by atoms with Crippen molar-refractivity contribution in [2.45, 2.75) is 54.0 Å². The molecule has 20 heavy (non-hydrogen) atoms. The van der Waals surface area contributed by atoms with E-state index in [0.29, 0.717) is 12.0 Å². The Morgan fingerprint density at radius 3 is 2.40 bits per heavy atom. The highest BCUT2D eigenvalue weighted by atomic mass is 14.8. The van der Waals surface area contributed by atoms with Crippen LogP contribution in [0.25, 0.3) is 0 Å². The molecular weight excluding hydrogens is 242 g/mol. The minimum Gasteiger partial charge on any atom is -0.287 e. The number of rotatable bonds is 5. The Balaban J connectivity index is 3.21. The minimum atomic E-state index is 0.0495. The molecule has 0 saturated carbocycles. The molecule has 1 nitrogen and oxygen atoms in total. The molecule has 0 fully saturated rings. The molecule has 0 N–H and O–H groups in total. The quantitative estimate of drug-likeness (QED) is 0.461. The predicted molar refractivity (Wildman–Crippen MR) is 91.3 cm³/mol. The third kappa shape index (κ3) is 4.06. The van der Waals surface area contributed by atoms with Gasteiger partial charge in [0.15, 0.2) is 0 Å². The van der Waals surface area contributed by atoms with Crippen LogP contribution in [0.5, 0.6) is 0 Å². The molecule has 1 aliphatic rings. The van der Waals surface area contributed by atoms with E-state index in [1.54, 1.807) is 0 Å². The predicted octanol–water partition coefficient (Wildman–Crippen LogP) is 5.52. The van der Waals surface area contributed by atoms with Gasteiger partial charge in [-0.25, -0.2) is 0 Å². The highest BCUT2D eigenvalue weighted by molar-refractivity contribution is 5.99. The van der Waals surface area contributed by atoms with Crippen LogP contribution in [-0.2, 0) is 0 Å². The Kier molecular flexibility index (Phi) is 6.19. The Hall–Kier alpha value is -1.37. The van der Waals surface area contributed by atoms with Gasteiger partial charge < -0.3 is 0 Å². The van der Waals surface area contributed by atoms with Crippen LogP contribution in [-0.4, -0.2) is 11.8 Å². The molecule has 1 heteroatoms. The van der Waals surface area contributed by atoms with Crippen molar-refractivity contribution in [3.8, 4) is 0 Å². The maximum atomic E-state index is 4.75. The molecule has 0 aromatic heterocycles. The molecule has 0 saturated heterocycles. The van der Waals surface area contributed by atoms with Crippen LogP contribution in [0.1, 0.15) is 48.0 Å². The van der Waals surface area contributed by atoms with E-state index in [4.69, 9.17) is 4.99 Å². The van der Waals surface area contributed by atoms with Gasteiger partial charge >= 0.3 is 0 Å². The Morgan fingerprint density at radius 2 is 1.90 bits per heavy atom. The van der Waals surface area contributed by atoms with E-state index in [0.717, 1.165) is 6.42 Å². The fourth-order valence-electron chi connectivity index (χ4n) is 3.06. The smallest absolute Gasteiger partial charge is 0.0446 e. The van der Waals surface area contributed by atoms with Crippen molar-refractivity contribution in [2.24, 2.45) is 16.3 Å². The molecular formula is C19H29N. The molecule has 0 heterocycles. The first kappa shape index (κ1) is 16.7. The lowest BCUT2D eigenvalue weighted by molar-refractivity contribution is 0.383. The molecule has 110 valence electrons. The molecule has 0 bridgehead atoms. The van der Waals surface area contributed by atoms with Gasteiger partial charge in [-0.2, -0.15) is 0 Å². The van der Waals surface area contributed by atoms with E-state index >= 15 is 0 Å². The third-order valence-electron chi connectivity index (χ3n) is 3.83. The van der Waals surface area contributed by atoms with Crippen molar-refractivity contribution in [1.29, 1.82) is 0 Å². The van der Waals surface area contributed by atoms with Crippen molar-refractivity contribution in [3.05, 3.63) is 48.1 Å². The van der Waals surface area contributed by atoms with Crippen LogP contribution in [0.15, 0.2) is 53.1 Å². The van der Waals surface area contributed by atoms with Gasteiger partial charge in [-0.15, -0.1) is 0 Å². The zero-order chi connectivity index (χ0) is 15.2. The molecule has 2 unspecified atom stereocenters. The Labute approximate surface area is 124 Å². The van der Waals surface area contributed by atoms with Gasteiger partial charge in [-0.3, -0.25) is 4.99 Å². The summed E-state index contributed by atoms with van der Waals surface area (Å²) in [4.78, 5) is 4.75. The normalized spacial score (nSPS) is 23.6. The molecule has 0 amide bonds. The third-order valence-corrected chi connectivity index (χ3v) is 3.83. The zero-order valence-electron chi connectivity index (χ0n) is 13.9. The summed E-state index contributed by atoms with van der Waals surface area (Å²) in [7, 11) is 0. The van der Waals surface area contributed by atoms with Crippen LogP contribution in [0.2, 0.25) is 0 Å². The monoisotopic (exact) mass is 271 g/mol. The van der Waals surface area contributed by atoms with Gasteiger partial charge in [0.2, 0.25) is 0 Å². The molecule has 0 spiro atoms. The Bertz CT molecular complexity index is 446. The summed E-state index contributed by atoms with van der Waals surface area (Å²) in [5.41, 5.74) is 2.60. The molecule has 0 aliphatic heterocycles. The van der Waals surface area contributed by atoms with Gasteiger partial charge in [0.1, 0.15) is 0 Å². The minimum absolute atomic E-state index is 0.0495. The number of hydrogen-bond acceptors (Lipinski definition) is 1. The van der Waals surface area contributed by atoms with E-state index in [-0.39, 0.29) is 5.41 Å². The van der Waals surface area contributed by atoms with Crippen molar-refractivity contribution in [1.82, 2.24) is 0 Å². The van der Waals surface area contributed by atoms with Crippen molar-refractivity contribution in [3.63, 3.8) is 0 Å². The van der Waals surface area contributed by atoms with E-state index in [9.17, 15) is 0 Å². The second-order valence-corrected chi connectivity index (χ2v) is 6.01. The topological polar surface area (TPSA) is 12.4 Å². The van der Waals surface area contributed by atoms with Crippen LogP contribution < -0.4 is 0 Å². The van der Waals surface area contributed by atoms with Gasteiger partial charge in [0.25, 0.3) is 0 Å². The fourth-order valence-corrected chi connectivity index (χ4v) is 3.06. The molecule has 0 aromatic rings. The summed E-state index contributed by atoms with van der Waals surface area (Å²) >= 11 is 0. The van der Waals surface area contributed by atoms with Crippen molar-refractivity contribution in [2.75, 3.05) is 0 Å². The largest absolute Gasteiger partial charge is 0.287 e. The first-order chi connectivity index (χ1) is 9.44.